The number of hydrogen-bond donors (Lipinski definition) is 0. The van der Waals surface area contributed by atoms with E-state index in [1.807, 2.05) is 0 Å². The zero-order valence-corrected chi connectivity index (χ0v) is 59.2. The molecule has 8 nitrogen and oxygen atoms in total. The highest BCUT2D eigenvalue weighted by Crippen LogP contribution is 2.51. The van der Waals surface area contributed by atoms with E-state index in [-0.39, 0.29) is 0 Å². The van der Waals surface area contributed by atoms with E-state index in [9.17, 15) is 0 Å². The van der Waals surface area contributed by atoms with Crippen molar-refractivity contribution in [2.45, 2.75) is 135 Å². The molecule has 0 atom stereocenters. The van der Waals surface area contributed by atoms with Crippen LogP contribution in [0.5, 0.6) is 0 Å². The maximum atomic E-state index is 7.41. The molecule has 0 unspecified atom stereocenters. The molecule has 466 valence electrons. The first kappa shape index (κ1) is 61.3. The molecule has 4 aromatic heterocycles. The molecule has 0 spiro atoms. The number of hydrogen-bond acceptors (Lipinski definition) is 8. The third-order valence-corrected chi connectivity index (χ3v) is 23.5. The summed E-state index contributed by atoms with van der Waals surface area (Å²) in [4.78, 5) is 0. The van der Waals surface area contributed by atoms with Gasteiger partial charge < -0.3 is 33.6 Å². The second-order valence-electron chi connectivity index (χ2n) is 26.3. The van der Waals surface area contributed by atoms with Crippen LogP contribution >= 0.6 is 32.1 Å². The summed E-state index contributed by atoms with van der Waals surface area (Å²) in [6, 6.07) is 49.2. The van der Waals surface area contributed by atoms with E-state index < -0.39 is 32.1 Å². The fourth-order valence-electron chi connectivity index (χ4n) is 14.4. The first-order chi connectivity index (χ1) is 44.1. The van der Waals surface area contributed by atoms with Crippen molar-refractivity contribution < 1.29 is 33.6 Å². The van der Waals surface area contributed by atoms with Crippen LogP contribution in [0.25, 0.3) is 98.9 Å². The fraction of sp³-hybridized carbons (Fsp3) is 0.250. The van der Waals surface area contributed by atoms with Crippen molar-refractivity contribution in [3.05, 3.63) is 245 Å². The Morgan fingerprint density at radius 1 is 0.207 bits per heavy atom. The number of benzene rings is 10. The van der Waals surface area contributed by atoms with Gasteiger partial charge >= 0.3 is 0 Å². The molecular formula is C80H78O8P4. The van der Waals surface area contributed by atoms with Gasteiger partial charge in [0.2, 0.25) is 32.1 Å². The number of aryl methyl sites for hydroxylation is 16. The molecule has 10 aromatic carbocycles. The van der Waals surface area contributed by atoms with Crippen molar-refractivity contribution in [2.24, 2.45) is 0 Å². The molecule has 0 saturated carbocycles. The predicted molar refractivity (Wildman–Crippen MR) is 389 cm³/mol. The zero-order valence-electron chi connectivity index (χ0n) is 55.6. The van der Waals surface area contributed by atoms with Gasteiger partial charge in [-0.25, -0.2) is 0 Å². The molecule has 12 heteroatoms. The van der Waals surface area contributed by atoms with Crippen LogP contribution in [0.15, 0.2) is 167 Å². The van der Waals surface area contributed by atoms with Crippen LogP contribution < -0.4 is 0 Å². The van der Waals surface area contributed by atoms with Gasteiger partial charge in [-0.05, 0) is 282 Å². The van der Waals surface area contributed by atoms with Gasteiger partial charge in [-0.2, -0.15) is 0 Å². The largest absolute Gasteiger partial charge is 0.419 e. The molecule has 0 radical (unpaired) electrons. The van der Waals surface area contributed by atoms with Crippen LogP contribution in [0, 0.1) is 111 Å². The second-order valence-corrected chi connectivity index (χ2v) is 31.7. The summed E-state index contributed by atoms with van der Waals surface area (Å²) < 4.78 is 59.3. The van der Waals surface area contributed by atoms with Crippen LogP contribution in [0.1, 0.15) is 111 Å². The molecule has 14 aromatic rings. The smallest absolute Gasteiger partial charge is 0.221 e. The van der Waals surface area contributed by atoms with Crippen molar-refractivity contribution in [3.8, 4) is 11.1 Å². The molecule has 0 bridgehead atoms. The SMILES string of the molecule is Cc1cc(C)c2op(Cc3cccc(Cp4oc5c(C)cc(C)cc5c5cc(C)cc(C)c5o4)c3-c3c(Cp4oc5c(C)cc(C)cc5c5cc(C)cc(C)c5o4)cccc3Cp3oc4c(C)cc(C)cc4c4cc(C)cc(C)c4o3)oc3c(C)cc(C)cc3c2c1. The lowest BCUT2D eigenvalue weighted by Gasteiger charge is -2.20. The van der Waals surface area contributed by atoms with Gasteiger partial charge in [-0.15, -0.1) is 0 Å². The van der Waals surface area contributed by atoms with Crippen molar-refractivity contribution in [1.29, 1.82) is 0 Å². The Kier molecular flexibility index (Phi) is 16.0. The standard InChI is InChI=1S/C80H78O8P4/c1-43-23-51(9)73-63(31-43)64-32-44(2)24-52(10)74(64)82-89(81-73)39-59-19-17-20-60(40-90-83-75-53(11)25-45(3)33-65(75)66-34-46(4)26-54(12)76(66)84-90)71(59)72-61(41-91-85-77-55(13)27-47(5)35-67(77)68-36-48(6)28-56(14)78(68)86-91)21-18-22-62(72)42-92-87-79-57(15)29-49(7)37-69(79)70-38-50(8)30-58(16)80(70)88-92/h17-38H,39-42H2,1-16H3. The molecule has 0 saturated heterocycles. The molecule has 92 heavy (non-hydrogen) atoms. The molecule has 0 aliphatic carbocycles. The lowest BCUT2D eigenvalue weighted by Crippen LogP contribution is -2.01. The van der Waals surface area contributed by atoms with E-state index in [1.165, 1.54) is 44.5 Å². The molecule has 0 N–H and O–H groups in total. The minimum Gasteiger partial charge on any atom is -0.419 e. The Morgan fingerprint density at radius 2 is 0.348 bits per heavy atom. The number of fused-ring (bicyclic) bond motifs is 12. The lowest BCUT2D eigenvalue weighted by molar-refractivity contribution is 0.633. The van der Waals surface area contributed by atoms with Crippen molar-refractivity contribution in [2.75, 3.05) is 0 Å². The highest BCUT2D eigenvalue weighted by molar-refractivity contribution is 7.37. The Balaban J connectivity index is 1.10. The van der Waals surface area contributed by atoms with E-state index in [0.717, 1.165) is 166 Å². The van der Waals surface area contributed by atoms with Crippen LogP contribution in [-0.4, -0.2) is 0 Å². The van der Waals surface area contributed by atoms with Crippen LogP contribution in [0.4, 0.5) is 0 Å². The normalized spacial score (nSPS) is 11.9. The highest BCUT2D eigenvalue weighted by Gasteiger charge is 2.26. The van der Waals surface area contributed by atoms with E-state index in [2.05, 4.69) is 244 Å². The van der Waals surface area contributed by atoms with Gasteiger partial charge in [-0.1, -0.05) is 84.9 Å². The van der Waals surface area contributed by atoms with Gasteiger partial charge in [0.15, 0.2) is 0 Å². The average molecular weight is 1290 g/mol. The van der Waals surface area contributed by atoms with Gasteiger partial charge in [-0.3, -0.25) is 0 Å². The summed E-state index contributed by atoms with van der Waals surface area (Å²) >= 11 is 0. The Hall–Kier alpha value is -8.20. The fourth-order valence-corrected chi connectivity index (χ4v) is 20.8. The van der Waals surface area contributed by atoms with E-state index in [1.54, 1.807) is 0 Å². The summed E-state index contributed by atoms with van der Waals surface area (Å²) in [6.45, 7) is 34.5. The van der Waals surface area contributed by atoms with Gasteiger partial charge in [0.05, 0.1) is 24.6 Å². The van der Waals surface area contributed by atoms with Gasteiger partial charge in [0.25, 0.3) is 0 Å². The van der Waals surface area contributed by atoms with E-state index in [0.29, 0.717) is 24.6 Å². The minimum absolute atomic E-state index is 0.451. The van der Waals surface area contributed by atoms with Crippen LogP contribution in [0.3, 0.4) is 0 Å². The quantitative estimate of drug-likeness (QED) is 0.141. The second kappa shape index (κ2) is 24.0. The summed E-state index contributed by atoms with van der Waals surface area (Å²) in [5, 5.41) is 8.39. The summed E-state index contributed by atoms with van der Waals surface area (Å²) in [5.74, 6) is 0. The molecular weight excluding hydrogens is 1210 g/mol. The third kappa shape index (κ3) is 11.5. The van der Waals surface area contributed by atoms with E-state index in [4.69, 9.17) is 33.6 Å². The van der Waals surface area contributed by atoms with Gasteiger partial charge in [0.1, 0.15) is 44.7 Å². The molecule has 0 aliphatic rings. The predicted octanol–water partition coefficient (Wildman–Crippen LogP) is 26.9. The topological polar surface area (TPSA) is 105 Å². The molecule has 14 rings (SSSR count). The molecule has 0 amide bonds. The van der Waals surface area contributed by atoms with Crippen molar-refractivity contribution in [1.82, 2.24) is 0 Å². The Labute approximate surface area is 541 Å². The molecule has 0 aliphatic heterocycles. The Morgan fingerprint density at radius 3 is 0.489 bits per heavy atom. The summed E-state index contributed by atoms with van der Waals surface area (Å²) in [7, 11) is -6.70. The monoisotopic (exact) mass is 1290 g/mol. The minimum atomic E-state index is -1.68. The van der Waals surface area contributed by atoms with Crippen molar-refractivity contribution in [3.63, 3.8) is 0 Å². The first-order valence-corrected chi connectivity index (χ1v) is 37.2. The zero-order chi connectivity index (χ0) is 64.3. The average Bonchev–Trinajstić information content (AvgIpc) is 1.39. The third-order valence-electron chi connectivity index (χ3n) is 18.0. The maximum Gasteiger partial charge on any atom is 0.221 e. The first-order valence-electron chi connectivity index (χ1n) is 31.7. The Bertz CT molecular complexity index is 4660. The summed E-state index contributed by atoms with van der Waals surface area (Å²) in [6.07, 6.45) is 1.81. The lowest BCUT2D eigenvalue weighted by atomic mass is 9.89. The maximum absolute atomic E-state index is 7.41. The van der Waals surface area contributed by atoms with Crippen molar-refractivity contribution >= 4 is 120 Å². The van der Waals surface area contributed by atoms with Crippen LogP contribution in [0.2, 0.25) is 0 Å². The summed E-state index contributed by atoms with van der Waals surface area (Å²) in [5.41, 5.74) is 31.1. The number of rotatable bonds is 9. The van der Waals surface area contributed by atoms with Crippen LogP contribution in [-0.2, 0) is 24.6 Å². The van der Waals surface area contributed by atoms with E-state index >= 15 is 0 Å². The van der Waals surface area contributed by atoms with Gasteiger partial charge in [0, 0.05) is 43.1 Å². The molecule has 4 heterocycles. The molecule has 0 fully saturated rings. The highest BCUT2D eigenvalue weighted by atomic mass is 31.1.